The Morgan fingerprint density at radius 1 is 1.18 bits per heavy atom. The van der Waals surface area contributed by atoms with Crippen molar-refractivity contribution in [2.45, 2.75) is 105 Å². The number of carbonyl (C=O) groups is 4. The summed E-state index contributed by atoms with van der Waals surface area (Å²) >= 11 is 3.73. The number of hydrogen-bond donors (Lipinski definition) is 2. The highest BCUT2D eigenvalue weighted by Gasteiger charge is 2.77. The molecular formula is C37H50BrN3O8. The van der Waals surface area contributed by atoms with Gasteiger partial charge in [-0.3, -0.25) is 19.2 Å². The number of aliphatic hydroxyl groups is 1. The smallest absolute Gasteiger partial charge is 0.313 e. The van der Waals surface area contributed by atoms with Gasteiger partial charge in [-0.1, -0.05) is 77.7 Å². The Morgan fingerprint density at radius 3 is 2.53 bits per heavy atom. The lowest BCUT2D eigenvalue weighted by atomic mass is 9.70. The topological polar surface area (TPSA) is 135 Å². The van der Waals surface area contributed by atoms with Crippen molar-refractivity contribution >= 4 is 39.6 Å². The SMILES string of the molecule is C=CCCC(=O)N[C@H](COC)[C@H](OC(=O)[C@@H]1[C@H]2O[C@@]3(CC2Br)[C@H](C(=O)N(CC=C)C2CCCCC2)N([C@H](C)CO)C(=O)[C@@H]13)c1ccccc1. The van der Waals surface area contributed by atoms with Gasteiger partial charge in [0.05, 0.1) is 43.2 Å². The summed E-state index contributed by atoms with van der Waals surface area (Å²) < 4.78 is 18.5. The molecule has 4 fully saturated rings. The van der Waals surface area contributed by atoms with E-state index in [-0.39, 0.29) is 42.3 Å². The van der Waals surface area contributed by atoms with Gasteiger partial charge in [0.1, 0.15) is 17.7 Å². The minimum absolute atomic E-state index is 0.00116. The van der Waals surface area contributed by atoms with Crippen LogP contribution in [0.3, 0.4) is 0 Å². The minimum atomic E-state index is -1.30. The molecule has 3 aliphatic heterocycles. The molecule has 2 N–H and O–H groups in total. The lowest BCUT2D eigenvalue weighted by Gasteiger charge is -2.42. The van der Waals surface area contributed by atoms with Crippen LogP contribution in [0.4, 0.5) is 0 Å². The van der Waals surface area contributed by atoms with Crippen LogP contribution in [0.25, 0.3) is 0 Å². The fourth-order valence-corrected chi connectivity index (χ4v) is 9.35. The van der Waals surface area contributed by atoms with E-state index in [9.17, 15) is 24.3 Å². The molecule has 1 aromatic rings. The van der Waals surface area contributed by atoms with Crippen molar-refractivity contribution in [2.24, 2.45) is 11.8 Å². The van der Waals surface area contributed by atoms with Crippen LogP contribution in [-0.2, 0) is 33.4 Å². The van der Waals surface area contributed by atoms with E-state index in [1.165, 1.54) is 12.0 Å². The quantitative estimate of drug-likeness (QED) is 0.148. The molecular weight excluding hydrogens is 694 g/mol. The van der Waals surface area contributed by atoms with Crippen LogP contribution >= 0.6 is 15.9 Å². The fourth-order valence-electron chi connectivity index (χ4n) is 8.41. The summed E-state index contributed by atoms with van der Waals surface area (Å²) in [5.41, 5.74) is -0.661. The lowest BCUT2D eigenvalue weighted by Crippen LogP contribution is -2.60. The van der Waals surface area contributed by atoms with E-state index in [0.717, 1.165) is 32.1 Å². The van der Waals surface area contributed by atoms with Crippen molar-refractivity contribution in [3.05, 3.63) is 61.2 Å². The Balaban J connectivity index is 1.50. The first kappa shape index (κ1) is 37.2. The van der Waals surface area contributed by atoms with E-state index in [1.807, 2.05) is 35.2 Å². The number of aliphatic hydroxyl groups excluding tert-OH is 1. The number of benzene rings is 1. The molecule has 1 aromatic carbocycles. The van der Waals surface area contributed by atoms with Crippen LogP contribution in [0.5, 0.6) is 0 Å². The Morgan fingerprint density at radius 2 is 1.90 bits per heavy atom. The van der Waals surface area contributed by atoms with Crippen molar-refractivity contribution in [2.75, 3.05) is 26.9 Å². The first-order chi connectivity index (χ1) is 23.6. The first-order valence-corrected chi connectivity index (χ1v) is 18.4. The number of halogens is 1. The van der Waals surface area contributed by atoms with Crippen molar-refractivity contribution in [1.29, 1.82) is 0 Å². The zero-order chi connectivity index (χ0) is 35.3. The summed E-state index contributed by atoms with van der Waals surface area (Å²) in [6.07, 6.45) is 7.57. The number of nitrogens with zero attached hydrogens (tertiary/aromatic N) is 2. The molecule has 12 heteroatoms. The van der Waals surface area contributed by atoms with E-state index in [2.05, 4.69) is 34.4 Å². The second kappa shape index (κ2) is 16.3. The fraction of sp³-hybridized carbons (Fsp3) is 0.622. The second-order valence-corrected chi connectivity index (χ2v) is 14.9. The van der Waals surface area contributed by atoms with Gasteiger partial charge in [-0.25, -0.2) is 0 Å². The zero-order valence-corrected chi connectivity index (χ0v) is 30.1. The first-order valence-electron chi connectivity index (χ1n) is 17.4. The van der Waals surface area contributed by atoms with Crippen molar-refractivity contribution < 1.29 is 38.5 Å². The molecule has 3 saturated heterocycles. The molecule has 1 aliphatic carbocycles. The molecule has 268 valence electrons. The van der Waals surface area contributed by atoms with Gasteiger partial charge in [-0.05, 0) is 38.2 Å². The Kier molecular flexibility index (Phi) is 12.4. The molecule has 1 spiro atoms. The molecule has 11 nitrogen and oxygen atoms in total. The van der Waals surface area contributed by atoms with E-state index >= 15 is 0 Å². The Bertz CT molecular complexity index is 1370. The summed E-state index contributed by atoms with van der Waals surface area (Å²) in [5.74, 6) is -3.60. The molecule has 3 amide bonds. The van der Waals surface area contributed by atoms with Gasteiger partial charge in [0.25, 0.3) is 0 Å². The predicted octanol–water partition coefficient (Wildman–Crippen LogP) is 3.84. The molecule has 5 rings (SSSR count). The van der Waals surface area contributed by atoms with Gasteiger partial charge in [0.2, 0.25) is 17.7 Å². The molecule has 0 radical (unpaired) electrons. The number of fused-ring (bicyclic) bond motifs is 1. The number of carbonyl (C=O) groups excluding carboxylic acids is 4. The third-order valence-electron chi connectivity index (χ3n) is 10.6. The number of esters is 1. The van der Waals surface area contributed by atoms with Crippen LogP contribution in [-0.4, -0.2) is 106 Å². The predicted molar refractivity (Wildman–Crippen MR) is 186 cm³/mol. The van der Waals surface area contributed by atoms with Gasteiger partial charge in [-0.2, -0.15) is 0 Å². The molecule has 2 bridgehead atoms. The number of likely N-dealkylation sites (tertiary alicyclic amines) is 1. The Hall–Kier alpha value is -3.06. The van der Waals surface area contributed by atoms with Crippen molar-refractivity contribution in [3.63, 3.8) is 0 Å². The van der Waals surface area contributed by atoms with Gasteiger partial charge in [0.15, 0.2) is 0 Å². The van der Waals surface area contributed by atoms with Gasteiger partial charge < -0.3 is 34.4 Å². The average molecular weight is 745 g/mol. The highest BCUT2D eigenvalue weighted by molar-refractivity contribution is 9.09. The van der Waals surface area contributed by atoms with Gasteiger partial charge in [0, 0.05) is 30.9 Å². The van der Waals surface area contributed by atoms with Crippen molar-refractivity contribution in [3.8, 4) is 0 Å². The average Bonchev–Trinajstić information content (AvgIpc) is 3.71. The number of amides is 3. The number of rotatable bonds is 16. The van der Waals surface area contributed by atoms with Gasteiger partial charge in [-0.15, -0.1) is 13.2 Å². The summed E-state index contributed by atoms with van der Waals surface area (Å²) in [6.45, 7) is 9.32. The highest BCUT2D eigenvalue weighted by Crippen LogP contribution is 2.61. The minimum Gasteiger partial charge on any atom is -0.455 e. The highest BCUT2D eigenvalue weighted by atomic mass is 79.9. The maximum absolute atomic E-state index is 14.8. The summed E-state index contributed by atoms with van der Waals surface area (Å²) in [7, 11) is 1.50. The van der Waals surface area contributed by atoms with E-state index in [1.54, 1.807) is 19.1 Å². The second-order valence-electron chi connectivity index (χ2n) is 13.7. The zero-order valence-electron chi connectivity index (χ0n) is 28.5. The summed E-state index contributed by atoms with van der Waals surface area (Å²) in [4.78, 5) is 59.6. The van der Waals surface area contributed by atoms with Crippen LogP contribution in [0, 0.1) is 11.8 Å². The molecule has 4 aliphatic rings. The standard InChI is InChI=1S/C37H50BrN3O8/c1-5-7-18-28(43)39-27(22-47-4)31(24-14-10-8-11-15-24)48-36(46)29-30-34(44)41(23(3)21-42)33(37(30)20-26(38)32(29)49-37)35(45)40(19-6-2)25-16-12-9-13-17-25/h5-6,8,10-11,14-15,23,25-27,29-33,42H,1-2,7,9,12-13,16-22H2,3-4H3,(H,39,43)/t23-,26?,27-,29+,30-,31-,32+,33+,37-/m1/s1. The van der Waals surface area contributed by atoms with E-state index in [4.69, 9.17) is 14.2 Å². The number of alkyl halides is 1. The van der Waals surface area contributed by atoms with Crippen LogP contribution in [0.1, 0.15) is 70.0 Å². The molecule has 0 aromatic heterocycles. The Labute approximate surface area is 297 Å². The van der Waals surface area contributed by atoms with Crippen LogP contribution < -0.4 is 5.32 Å². The van der Waals surface area contributed by atoms with E-state index in [0.29, 0.717) is 24.9 Å². The van der Waals surface area contributed by atoms with Crippen LogP contribution in [0.15, 0.2) is 55.6 Å². The molecule has 9 atom stereocenters. The number of allylic oxidation sites excluding steroid dienone is 1. The third kappa shape index (κ3) is 7.25. The number of hydrogen-bond acceptors (Lipinski definition) is 8. The maximum atomic E-state index is 14.8. The third-order valence-corrected chi connectivity index (χ3v) is 11.4. The number of nitrogens with one attached hydrogen (secondary N) is 1. The molecule has 1 unspecified atom stereocenters. The van der Waals surface area contributed by atoms with E-state index < -0.39 is 59.6 Å². The lowest BCUT2D eigenvalue weighted by molar-refractivity contribution is -0.163. The van der Waals surface area contributed by atoms with Gasteiger partial charge >= 0.3 is 5.97 Å². The molecule has 49 heavy (non-hydrogen) atoms. The molecule has 3 heterocycles. The summed E-state index contributed by atoms with van der Waals surface area (Å²) in [6, 6.07) is 6.63. The van der Waals surface area contributed by atoms with Crippen LogP contribution in [0.2, 0.25) is 0 Å². The largest absolute Gasteiger partial charge is 0.455 e. The number of methoxy groups -OCH3 is 1. The summed E-state index contributed by atoms with van der Waals surface area (Å²) in [5, 5.41) is 13.3. The maximum Gasteiger partial charge on any atom is 0.313 e. The molecule has 1 saturated carbocycles. The monoisotopic (exact) mass is 743 g/mol. The normalized spacial score (nSPS) is 29.5. The van der Waals surface area contributed by atoms with Crippen molar-refractivity contribution in [1.82, 2.24) is 15.1 Å². The number of ether oxygens (including phenoxy) is 3.